The summed E-state index contributed by atoms with van der Waals surface area (Å²) in [7, 11) is -4.43. The van der Waals surface area contributed by atoms with Crippen molar-refractivity contribution in [2.24, 2.45) is 0 Å². The zero-order chi connectivity index (χ0) is 13.5. The minimum atomic E-state index is -4.43. The molecule has 0 aliphatic rings. The third-order valence-electron chi connectivity index (χ3n) is 2.24. The molecule has 0 aliphatic heterocycles. The third kappa shape index (κ3) is 2.11. The molecule has 0 fully saturated rings. The highest BCUT2D eigenvalue weighted by Crippen LogP contribution is 2.17. The van der Waals surface area contributed by atoms with Gasteiger partial charge in [-0.1, -0.05) is 6.07 Å². The number of carboxylic acids is 1. The number of benzene rings is 1. The number of hydrogen-bond donors (Lipinski definition) is 2. The zero-order valence-corrected chi connectivity index (χ0v) is 9.47. The Labute approximate surface area is 100 Å². The maximum absolute atomic E-state index is 11.5. The van der Waals surface area contributed by atoms with E-state index in [1.807, 2.05) is 0 Å². The SMILES string of the molecule is O=C(O)c1cc2ccc(S(=O)(=O)O)cc2c(=O)o1. The highest BCUT2D eigenvalue weighted by molar-refractivity contribution is 7.85. The van der Waals surface area contributed by atoms with Gasteiger partial charge in [0.25, 0.3) is 10.1 Å². The van der Waals surface area contributed by atoms with Crippen LogP contribution in [-0.2, 0) is 10.1 Å². The second kappa shape index (κ2) is 3.93. The van der Waals surface area contributed by atoms with E-state index >= 15 is 0 Å². The van der Waals surface area contributed by atoms with Crippen molar-refractivity contribution in [3.63, 3.8) is 0 Å². The first-order valence-corrected chi connectivity index (χ1v) is 6.02. The van der Waals surface area contributed by atoms with Crippen LogP contribution in [0.4, 0.5) is 0 Å². The summed E-state index contributed by atoms with van der Waals surface area (Å²) < 4.78 is 35.1. The van der Waals surface area contributed by atoms with E-state index in [-0.39, 0.29) is 10.8 Å². The molecule has 0 aliphatic carbocycles. The summed E-state index contributed by atoms with van der Waals surface area (Å²) in [5.74, 6) is -1.96. The Morgan fingerprint density at radius 3 is 2.44 bits per heavy atom. The van der Waals surface area contributed by atoms with Crippen LogP contribution in [0.15, 0.2) is 38.4 Å². The molecule has 0 amide bonds. The van der Waals surface area contributed by atoms with Gasteiger partial charge >= 0.3 is 11.6 Å². The van der Waals surface area contributed by atoms with Gasteiger partial charge in [-0.3, -0.25) is 4.55 Å². The summed E-state index contributed by atoms with van der Waals surface area (Å²) >= 11 is 0. The summed E-state index contributed by atoms with van der Waals surface area (Å²) in [4.78, 5) is 21.7. The first-order valence-electron chi connectivity index (χ1n) is 4.58. The lowest BCUT2D eigenvalue weighted by atomic mass is 10.2. The minimum Gasteiger partial charge on any atom is -0.475 e. The van der Waals surface area contributed by atoms with Crippen molar-refractivity contribution in [3.05, 3.63) is 40.4 Å². The van der Waals surface area contributed by atoms with Gasteiger partial charge in [0.1, 0.15) is 0 Å². The molecule has 18 heavy (non-hydrogen) atoms. The van der Waals surface area contributed by atoms with Gasteiger partial charge in [0.2, 0.25) is 5.76 Å². The molecule has 1 aromatic carbocycles. The van der Waals surface area contributed by atoms with Crippen LogP contribution in [0.5, 0.6) is 0 Å². The standard InChI is InChI=1S/C10H6O7S/c11-9(12)8-3-5-1-2-6(18(14,15)16)4-7(5)10(13)17-8/h1-4H,(H,11,12)(H,14,15,16). The lowest BCUT2D eigenvalue weighted by molar-refractivity contribution is 0.0658. The molecule has 0 bridgehead atoms. The summed E-state index contributed by atoms with van der Waals surface area (Å²) in [6, 6.07) is 4.28. The van der Waals surface area contributed by atoms with Crippen LogP contribution >= 0.6 is 0 Å². The Kier molecular flexibility index (Phi) is 2.68. The predicted octanol–water partition coefficient (Wildman–Crippen LogP) is 0.738. The van der Waals surface area contributed by atoms with Crippen LogP contribution in [0.25, 0.3) is 10.8 Å². The summed E-state index contributed by atoms with van der Waals surface area (Å²) in [5.41, 5.74) is -0.990. The van der Waals surface area contributed by atoms with Gasteiger partial charge in [-0.2, -0.15) is 8.42 Å². The van der Waals surface area contributed by atoms with Gasteiger partial charge in [0, 0.05) is 0 Å². The molecule has 1 heterocycles. The van der Waals surface area contributed by atoms with Gasteiger partial charge in [-0.25, -0.2) is 9.59 Å². The van der Waals surface area contributed by atoms with E-state index in [0.29, 0.717) is 0 Å². The first kappa shape index (κ1) is 12.3. The van der Waals surface area contributed by atoms with Gasteiger partial charge in [-0.05, 0) is 23.6 Å². The van der Waals surface area contributed by atoms with Crippen LogP contribution in [0.2, 0.25) is 0 Å². The molecule has 0 unspecified atom stereocenters. The molecule has 0 atom stereocenters. The van der Waals surface area contributed by atoms with Crippen molar-refractivity contribution in [2.45, 2.75) is 4.90 Å². The van der Waals surface area contributed by atoms with Gasteiger partial charge < -0.3 is 9.52 Å². The van der Waals surface area contributed by atoms with Gasteiger partial charge in [0.15, 0.2) is 0 Å². The lowest BCUT2D eigenvalue weighted by Gasteiger charge is -2.00. The Bertz CT molecular complexity index is 801. The van der Waals surface area contributed by atoms with E-state index in [0.717, 1.165) is 18.2 Å². The number of carboxylic acid groups (broad SMARTS) is 1. The van der Waals surface area contributed by atoms with E-state index in [2.05, 4.69) is 4.42 Å². The van der Waals surface area contributed by atoms with Gasteiger partial charge in [0.05, 0.1) is 10.3 Å². The molecule has 7 nitrogen and oxygen atoms in total. The molecule has 0 radical (unpaired) electrons. The van der Waals surface area contributed by atoms with Crippen LogP contribution in [0.1, 0.15) is 10.6 Å². The molecule has 1 aromatic heterocycles. The molecule has 2 aromatic rings. The molecule has 2 N–H and O–H groups in total. The molecule has 0 spiro atoms. The van der Waals surface area contributed by atoms with Crippen molar-refractivity contribution < 1.29 is 27.3 Å². The van der Waals surface area contributed by atoms with E-state index in [9.17, 15) is 18.0 Å². The van der Waals surface area contributed by atoms with E-state index in [1.165, 1.54) is 6.07 Å². The van der Waals surface area contributed by atoms with Crippen molar-refractivity contribution in [1.29, 1.82) is 0 Å². The maximum atomic E-state index is 11.5. The number of aromatic carboxylic acids is 1. The third-order valence-corrected chi connectivity index (χ3v) is 3.09. The van der Waals surface area contributed by atoms with Gasteiger partial charge in [-0.15, -0.1) is 0 Å². The largest absolute Gasteiger partial charge is 0.475 e. The van der Waals surface area contributed by atoms with E-state index in [4.69, 9.17) is 9.66 Å². The van der Waals surface area contributed by atoms with Crippen molar-refractivity contribution in [1.82, 2.24) is 0 Å². The molecule has 0 saturated carbocycles. The molecular weight excluding hydrogens is 264 g/mol. The average molecular weight is 270 g/mol. The molecular formula is C10H6O7S. The first-order chi connectivity index (χ1) is 8.29. The van der Waals surface area contributed by atoms with E-state index in [1.54, 1.807) is 0 Å². The topological polar surface area (TPSA) is 122 Å². The number of fused-ring (bicyclic) bond motifs is 1. The minimum absolute atomic E-state index is 0.130. The highest BCUT2D eigenvalue weighted by atomic mass is 32.2. The number of rotatable bonds is 2. The smallest absolute Gasteiger partial charge is 0.371 e. The quantitative estimate of drug-likeness (QED) is 0.771. The number of carbonyl (C=O) groups is 1. The second-order valence-corrected chi connectivity index (χ2v) is 4.85. The molecule has 94 valence electrons. The fourth-order valence-corrected chi connectivity index (χ4v) is 1.94. The van der Waals surface area contributed by atoms with Crippen LogP contribution < -0.4 is 5.63 Å². The fourth-order valence-electron chi connectivity index (χ4n) is 1.43. The Morgan fingerprint density at radius 1 is 1.22 bits per heavy atom. The summed E-state index contributed by atoms with van der Waals surface area (Å²) in [6.07, 6.45) is 0. The summed E-state index contributed by atoms with van der Waals surface area (Å²) in [5, 5.41) is 8.76. The monoisotopic (exact) mass is 270 g/mol. The van der Waals surface area contributed by atoms with Crippen LogP contribution in [-0.4, -0.2) is 24.0 Å². The van der Waals surface area contributed by atoms with Crippen molar-refractivity contribution >= 4 is 26.9 Å². The number of hydrogen-bond acceptors (Lipinski definition) is 5. The fraction of sp³-hybridized carbons (Fsp3) is 0. The molecule has 0 saturated heterocycles. The van der Waals surface area contributed by atoms with Crippen LogP contribution in [0.3, 0.4) is 0 Å². The Morgan fingerprint density at radius 2 is 1.89 bits per heavy atom. The van der Waals surface area contributed by atoms with E-state index < -0.39 is 32.4 Å². The Hall–Kier alpha value is -2.19. The second-order valence-electron chi connectivity index (χ2n) is 3.43. The normalized spacial score (nSPS) is 11.6. The Balaban J connectivity index is 2.82. The highest BCUT2D eigenvalue weighted by Gasteiger charge is 2.14. The maximum Gasteiger partial charge on any atom is 0.371 e. The lowest BCUT2D eigenvalue weighted by Crippen LogP contribution is -2.07. The molecule has 8 heteroatoms. The molecule has 2 rings (SSSR count). The average Bonchev–Trinajstić information content (AvgIpc) is 2.27. The van der Waals surface area contributed by atoms with Crippen LogP contribution in [0, 0.1) is 0 Å². The predicted molar refractivity (Wildman–Crippen MR) is 59.3 cm³/mol. The van der Waals surface area contributed by atoms with Crippen molar-refractivity contribution in [3.8, 4) is 0 Å². The van der Waals surface area contributed by atoms with Crippen molar-refractivity contribution in [2.75, 3.05) is 0 Å². The zero-order valence-electron chi connectivity index (χ0n) is 8.65. The summed E-state index contributed by atoms with van der Waals surface area (Å²) in [6.45, 7) is 0.